The quantitative estimate of drug-likeness (QED) is 0.759. The number of nitriles is 1. The fraction of sp³-hybridized carbons (Fsp3) is 0.333. The molecule has 0 aromatic heterocycles. The lowest BCUT2D eigenvalue weighted by molar-refractivity contribution is 0.0953. The van der Waals surface area contributed by atoms with Crippen molar-refractivity contribution in [1.82, 2.24) is 5.32 Å². The number of nitrogens with one attached hydrogen (secondary N) is 1. The molecule has 0 unspecified atom stereocenters. The second-order valence-electron chi connectivity index (χ2n) is 3.39. The highest BCUT2D eigenvalue weighted by molar-refractivity contribution is 5.94. The number of carbonyl (C=O) groups is 1. The number of hydrogen-bond donors (Lipinski definition) is 1. The Bertz CT molecular complexity index is 379. The van der Waals surface area contributed by atoms with Gasteiger partial charge in [-0.1, -0.05) is 17.7 Å². The van der Waals surface area contributed by atoms with Gasteiger partial charge in [-0.3, -0.25) is 4.79 Å². The lowest BCUT2D eigenvalue weighted by Crippen LogP contribution is -2.24. The van der Waals surface area contributed by atoms with Gasteiger partial charge in [-0.25, -0.2) is 0 Å². The van der Waals surface area contributed by atoms with E-state index >= 15 is 0 Å². The number of rotatable bonds is 4. The van der Waals surface area contributed by atoms with Crippen LogP contribution in [0.3, 0.4) is 0 Å². The number of nitrogens with zero attached hydrogens (tertiary/aromatic N) is 1. The Morgan fingerprint density at radius 2 is 2.33 bits per heavy atom. The Hall–Kier alpha value is -1.82. The number of unbranched alkanes of at least 4 members (excludes halogenated alkanes) is 1. The van der Waals surface area contributed by atoms with Gasteiger partial charge in [0.25, 0.3) is 5.91 Å². The van der Waals surface area contributed by atoms with E-state index in [2.05, 4.69) is 5.32 Å². The van der Waals surface area contributed by atoms with E-state index in [1.54, 1.807) is 6.07 Å². The van der Waals surface area contributed by atoms with Crippen molar-refractivity contribution in [2.75, 3.05) is 6.54 Å². The second-order valence-corrected chi connectivity index (χ2v) is 3.39. The maximum atomic E-state index is 11.6. The molecule has 0 fully saturated rings. The number of benzene rings is 1. The molecule has 0 saturated heterocycles. The van der Waals surface area contributed by atoms with Crippen LogP contribution in [0.4, 0.5) is 0 Å². The van der Waals surface area contributed by atoms with Gasteiger partial charge in [-0.15, -0.1) is 0 Å². The molecule has 1 amide bonds. The van der Waals surface area contributed by atoms with Crippen LogP contribution in [0.1, 0.15) is 28.8 Å². The molecule has 0 aliphatic carbocycles. The first-order valence-corrected chi connectivity index (χ1v) is 4.96. The summed E-state index contributed by atoms with van der Waals surface area (Å²) in [6.07, 6.45) is 1.18. The second kappa shape index (κ2) is 5.82. The van der Waals surface area contributed by atoms with E-state index in [9.17, 15) is 4.79 Å². The zero-order valence-electron chi connectivity index (χ0n) is 8.79. The first-order chi connectivity index (χ1) is 7.24. The van der Waals surface area contributed by atoms with Gasteiger partial charge >= 0.3 is 0 Å². The van der Waals surface area contributed by atoms with Crippen LogP contribution in [0, 0.1) is 18.3 Å². The van der Waals surface area contributed by atoms with Gasteiger partial charge in [0.15, 0.2) is 0 Å². The van der Waals surface area contributed by atoms with Crippen molar-refractivity contribution in [3.63, 3.8) is 0 Å². The average molecular weight is 202 g/mol. The Morgan fingerprint density at radius 3 is 3.00 bits per heavy atom. The van der Waals surface area contributed by atoms with Gasteiger partial charge in [-0.05, 0) is 25.5 Å². The zero-order chi connectivity index (χ0) is 11.1. The molecule has 0 spiro atoms. The Morgan fingerprint density at radius 1 is 1.53 bits per heavy atom. The number of hydrogen-bond acceptors (Lipinski definition) is 2. The third kappa shape index (κ3) is 3.82. The number of aryl methyl sites for hydroxylation is 1. The van der Waals surface area contributed by atoms with Crippen molar-refractivity contribution >= 4 is 5.91 Å². The maximum absolute atomic E-state index is 11.6. The van der Waals surface area contributed by atoms with E-state index < -0.39 is 0 Å². The monoisotopic (exact) mass is 202 g/mol. The summed E-state index contributed by atoms with van der Waals surface area (Å²) in [5, 5.41) is 11.1. The van der Waals surface area contributed by atoms with Gasteiger partial charge < -0.3 is 5.32 Å². The molecule has 1 aromatic carbocycles. The minimum absolute atomic E-state index is 0.0726. The summed E-state index contributed by atoms with van der Waals surface area (Å²) in [7, 11) is 0. The third-order valence-electron chi connectivity index (χ3n) is 2.03. The smallest absolute Gasteiger partial charge is 0.251 e. The summed E-state index contributed by atoms with van der Waals surface area (Å²) >= 11 is 0. The van der Waals surface area contributed by atoms with Crippen molar-refractivity contribution in [3.05, 3.63) is 35.4 Å². The van der Waals surface area contributed by atoms with Gasteiger partial charge in [0.05, 0.1) is 6.07 Å². The van der Waals surface area contributed by atoms with Crippen LogP contribution < -0.4 is 5.32 Å². The summed E-state index contributed by atoms with van der Waals surface area (Å²) < 4.78 is 0. The lowest BCUT2D eigenvalue weighted by atomic mass is 10.1. The minimum atomic E-state index is -0.0726. The minimum Gasteiger partial charge on any atom is -0.352 e. The highest BCUT2D eigenvalue weighted by atomic mass is 16.1. The number of carbonyl (C=O) groups excluding carboxylic acids is 1. The Kier molecular flexibility index (Phi) is 4.36. The molecule has 1 N–H and O–H groups in total. The van der Waals surface area contributed by atoms with Gasteiger partial charge in [0.2, 0.25) is 0 Å². The summed E-state index contributed by atoms with van der Waals surface area (Å²) in [6, 6.07) is 9.48. The summed E-state index contributed by atoms with van der Waals surface area (Å²) in [4.78, 5) is 11.6. The van der Waals surface area contributed by atoms with Crippen LogP contribution >= 0.6 is 0 Å². The van der Waals surface area contributed by atoms with Crippen LogP contribution in [0.25, 0.3) is 0 Å². The molecule has 0 radical (unpaired) electrons. The third-order valence-corrected chi connectivity index (χ3v) is 2.03. The SMILES string of the molecule is Cc1cccc(C(=O)NCCCC#N)c1. The molecule has 3 heteroatoms. The molecule has 78 valence electrons. The maximum Gasteiger partial charge on any atom is 0.251 e. The zero-order valence-corrected chi connectivity index (χ0v) is 8.79. The Labute approximate surface area is 89.7 Å². The molecule has 1 rings (SSSR count). The predicted octanol–water partition coefficient (Wildman–Crippen LogP) is 2.03. The molecule has 15 heavy (non-hydrogen) atoms. The van der Waals surface area contributed by atoms with Crippen molar-refractivity contribution in [3.8, 4) is 6.07 Å². The van der Waals surface area contributed by atoms with Crippen LogP contribution in [0.15, 0.2) is 24.3 Å². The lowest BCUT2D eigenvalue weighted by Gasteiger charge is -2.04. The van der Waals surface area contributed by atoms with Crippen LogP contribution in [0.5, 0.6) is 0 Å². The largest absolute Gasteiger partial charge is 0.352 e. The fourth-order valence-electron chi connectivity index (χ4n) is 1.26. The molecule has 0 atom stereocenters. The molecule has 0 heterocycles. The van der Waals surface area contributed by atoms with E-state index in [1.165, 1.54) is 0 Å². The van der Waals surface area contributed by atoms with E-state index in [-0.39, 0.29) is 5.91 Å². The molecule has 0 aliphatic heterocycles. The van der Waals surface area contributed by atoms with Crippen LogP contribution in [-0.2, 0) is 0 Å². The fourth-order valence-corrected chi connectivity index (χ4v) is 1.26. The molecule has 0 saturated carbocycles. The molecule has 0 aliphatic rings. The van der Waals surface area contributed by atoms with Gasteiger partial charge in [0.1, 0.15) is 0 Å². The molecular formula is C12H14N2O. The molecular weight excluding hydrogens is 188 g/mol. The van der Waals surface area contributed by atoms with Crippen molar-refractivity contribution in [1.29, 1.82) is 5.26 Å². The van der Waals surface area contributed by atoms with Crippen LogP contribution in [-0.4, -0.2) is 12.5 Å². The summed E-state index contributed by atoms with van der Waals surface area (Å²) in [6.45, 7) is 2.51. The molecule has 0 bridgehead atoms. The van der Waals surface area contributed by atoms with Crippen molar-refractivity contribution < 1.29 is 4.79 Å². The van der Waals surface area contributed by atoms with Gasteiger partial charge in [-0.2, -0.15) is 5.26 Å². The highest BCUT2D eigenvalue weighted by Crippen LogP contribution is 2.03. The predicted molar refractivity (Wildman–Crippen MR) is 58.4 cm³/mol. The summed E-state index contributed by atoms with van der Waals surface area (Å²) in [5.74, 6) is -0.0726. The average Bonchev–Trinajstić information content (AvgIpc) is 2.24. The highest BCUT2D eigenvalue weighted by Gasteiger charge is 2.03. The van der Waals surface area contributed by atoms with E-state index in [0.29, 0.717) is 24.9 Å². The van der Waals surface area contributed by atoms with Gasteiger partial charge in [0, 0.05) is 18.5 Å². The first kappa shape index (κ1) is 11.3. The first-order valence-electron chi connectivity index (χ1n) is 4.96. The number of amides is 1. The normalized spacial score (nSPS) is 9.33. The van der Waals surface area contributed by atoms with Crippen molar-refractivity contribution in [2.24, 2.45) is 0 Å². The van der Waals surface area contributed by atoms with E-state index in [4.69, 9.17) is 5.26 Å². The van der Waals surface area contributed by atoms with Crippen molar-refractivity contribution in [2.45, 2.75) is 19.8 Å². The van der Waals surface area contributed by atoms with Crippen LogP contribution in [0.2, 0.25) is 0 Å². The molecule has 3 nitrogen and oxygen atoms in total. The van der Waals surface area contributed by atoms with E-state index in [1.807, 2.05) is 31.2 Å². The standard InChI is InChI=1S/C12H14N2O/c1-10-5-4-6-11(9-10)12(15)14-8-3-2-7-13/h4-6,9H,2-3,8H2,1H3,(H,14,15). The Balaban J connectivity index is 2.44. The molecule has 1 aromatic rings. The summed E-state index contributed by atoms with van der Waals surface area (Å²) in [5.41, 5.74) is 1.74. The van der Waals surface area contributed by atoms with E-state index in [0.717, 1.165) is 5.56 Å². The topological polar surface area (TPSA) is 52.9 Å².